The molecule has 0 aromatic heterocycles. The summed E-state index contributed by atoms with van der Waals surface area (Å²) in [5.41, 5.74) is -0.219. The second-order valence-corrected chi connectivity index (χ2v) is 3.17. The number of alkyl halides is 2. The molecular formula is C8H4BrF2O3-. The molecule has 0 radical (unpaired) electrons. The molecule has 0 aliphatic rings. The molecule has 1 rings (SSSR count). The molecule has 76 valence electrons. The van der Waals surface area contributed by atoms with Crippen molar-refractivity contribution in [1.29, 1.82) is 0 Å². The van der Waals surface area contributed by atoms with Crippen LogP contribution < -0.4 is 9.84 Å². The van der Waals surface area contributed by atoms with Gasteiger partial charge in [-0.1, -0.05) is 6.07 Å². The van der Waals surface area contributed by atoms with E-state index in [-0.39, 0.29) is 15.8 Å². The molecule has 0 aliphatic carbocycles. The zero-order valence-corrected chi connectivity index (χ0v) is 8.25. The van der Waals surface area contributed by atoms with E-state index in [2.05, 4.69) is 20.7 Å². The van der Waals surface area contributed by atoms with Crippen LogP contribution in [0.5, 0.6) is 5.75 Å². The molecule has 0 bridgehead atoms. The molecule has 0 unspecified atom stereocenters. The van der Waals surface area contributed by atoms with Gasteiger partial charge in [0, 0.05) is 5.56 Å². The van der Waals surface area contributed by atoms with Gasteiger partial charge in [0.05, 0.1) is 10.4 Å². The van der Waals surface area contributed by atoms with Crippen molar-refractivity contribution < 1.29 is 23.4 Å². The van der Waals surface area contributed by atoms with Gasteiger partial charge in [-0.05, 0) is 28.1 Å². The van der Waals surface area contributed by atoms with Gasteiger partial charge >= 0.3 is 6.61 Å². The Labute approximate surface area is 86.4 Å². The number of rotatable bonds is 3. The van der Waals surface area contributed by atoms with E-state index in [1.165, 1.54) is 12.1 Å². The number of hydrogen-bond acceptors (Lipinski definition) is 3. The Bertz CT molecular complexity index is 354. The maximum Gasteiger partial charge on any atom is 0.387 e. The average Bonchev–Trinajstić information content (AvgIpc) is 2.07. The molecule has 0 atom stereocenters. The fraction of sp³-hybridized carbons (Fsp3) is 0.125. The quantitative estimate of drug-likeness (QED) is 0.831. The second-order valence-electron chi connectivity index (χ2n) is 2.31. The smallest absolute Gasteiger partial charge is 0.387 e. The van der Waals surface area contributed by atoms with Gasteiger partial charge in [0.15, 0.2) is 0 Å². The van der Waals surface area contributed by atoms with Crippen molar-refractivity contribution in [2.75, 3.05) is 0 Å². The van der Waals surface area contributed by atoms with Crippen LogP contribution in [0.15, 0.2) is 22.7 Å². The molecule has 0 N–H and O–H groups in total. The first kappa shape index (κ1) is 10.9. The first-order valence-electron chi connectivity index (χ1n) is 3.46. The summed E-state index contributed by atoms with van der Waals surface area (Å²) in [5.74, 6) is -1.68. The van der Waals surface area contributed by atoms with E-state index in [1.54, 1.807) is 0 Å². The molecule has 14 heavy (non-hydrogen) atoms. The summed E-state index contributed by atoms with van der Waals surface area (Å²) in [4.78, 5) is 10.4. The van der Waals surface area contributed by atoms with Crippen molar-refractivity contribution in [1.82, 2.24) is 0 Å². The number of carbonyl (C=O) groups excluding carboxylic acids is 1. The van der Waals surface area contributed by atoms with Crippen molar-refractivity contribution >= 4 is 21.9 Å². The number of carbonyl (C=O) groups is 1. The van der Waals surface area contributed by atoms with Crippen LogP contribution in [-0.4, -0.2) is 12.6 Å². The summed E-state index contributed by atoms with van der Waals surface area (Å²) in [6.45, 7) is -3.00. The molecule has 1 aromatic carbocycles. The lowest BCUT2D eigenvalue weighted by Gasteiger charge is -2.09. The van der Waals surface area contributed by atoms with E-state index in [9.17, 15) is 18.7 Å². The summed E-state index contributed by atoms with van der Waals surface area (Å²) >= 11 is 2.94. The van der Waals surface area contributed by atoms with Gasteiger partial charge in [0.1, 0.15) is 5.75 Å². The molecule has 0 amide bonds. The average molecular weight is 266 g/mol. The number of aromatic carboxylic acids is 1. The second kappa shape index (κ2) is 4.36. The summed E-state index contributed by atoms with van der Waals surface area (Å²) in [5, 5.41) is 10.4. The maximum atomic E-state index is 11.8. The van der Waals surface area contributed by atoms with Crippen LogP contribution in [0.3, 0.4) is 0 Å². The molecule has 0 fully saturated rings. The molecule has 0 saturated carbocycles. The predicted molar refractivity (Wildman–Crippen MR) is 45.1 cm³/mol. The Kier molecular flexibility index (Phi) is 3.40. The predicted octanol–water partition coefficient (Wildman–Crippen LogP) is 1.41. The van der Waals surface area contributed by atoms with E-state index >= 15 is 0 Å². The third-order valence-corrected chi connectivity index (χ3v) is 2.04. The molecule has 6 heteroatoms. The maximum absolute atomic E-state index is 11.8. The minimum atomic E-state index is -3.00. The number of carboxylic acid groups (broad SMARTS) is 1. The molecule has 0 saturated heterocycles. The minimum Gasteiger partial charge on any atom is -0.545 e. The summed E-state index contributed by atoms with van der Waals surface area (Å²) in [7, 11) is 0. The number of ether oxygens (including phenoxy) is 1. The molecule has 0 aliphatic heterocycles. The molecule has 1 aromatic rings. The lowest BCUT2D eigenvalue weighted by molar-refractivity contribution is -0.255. The van der Waals surface area contributed by atoms with E-state index in [0.717, 1.165) is 6.07 Å². The first-order chi connectivity index (χ1) is 6.50. The third kappa shape index (κ3) is 2.66. The lowest BCUT2D eigenvalue weighted by Crippen LogP contribution is -2.22. The van der Waals surface area contributed by atoms with Crippen LogP contribution >= 0.6 is 15.9 Å². The van der Waals surface area contributed by atoms with Crippen LogP contribution in [0.1, 0.15) is 10.4 Å². The molecule has 0 heterocycles. The Morgan fingerprint density at radius 2 is 2.14 bits per heavy atom. The number of benzene rings is 1. The van der Waals surface area contributed by atoms with Crippen molar-refractivity contribution in [3.8, 4) is 5.75 Å². The van der Waals surface area contributed by atoms with Gasteiger partial charge in [-0.25, -0.2) is 0 Å². The lowest BCUT2D eigenvalue weighted by atomic mass is 10.2. The van der Waals surface area contributed by atoms with Crippen LogP contribution in [0, 0.1) is 0 Å². The van der Waals surface area contributed by atoms with E-state index < -0.39 is 12.6 Å². The highest BCUT2D eigenvalue weighted by molar-refractivity contribution is 9.10. The zero-order chi connectivity index (χ0) is 10.7. The Morgan fingerprint density at radius 1 is 1.50 bits per heavy atom. The first-order valence-corrected chi connectivity index (χ1v) is 4.25. The largest absolute Gasteiger partial charge is 0.545 e. The van der Waals surface area contributed by atoms with Gasteiger partial charge in [-0.15, -0.1) is 0 Å². The molecule has 0 spiro atoms. The number of hydrogen-bond donors (Lipinski definition) is 0. The van der Waals surface area contributed by atoms with Gasteiger partial charge in [0.2, 0.25) is 0 Å². The SMILES string of the molecule is O=C([O-])c1ccc(Br)c(OC(F)F)c1. The summed E-state index contributed by atoms with van der Waals surface area (Å²) in [6.07, 6.45) is 0. The standard InChI is InChI=1S/C8H5BrF2O3/c9-5-2-1-4(7(12)13)3-6(5)14-8(10)11/h1-3,8H,(H,12,13)/p-1. The van der Waals surface area contributed by atoms with Gasteiger partial charge in [0.25, 0.3) is 0 Å². The Morgan fingerprint density at radius 3 is 2.64 bits per heavy atom. The van der Waals surface area contributed by atoms with Crippen LogP contribution in [-0.2, 0) is 0 Å². The van der Waals surface area contributed by atoms with Gasteiger partial charge in [-0.2, -0.15) is 8.78 Å². The van der Waals surface area contributed by atoms with Crippen LogP contribution in [0.25, 0.3) is 0 Å². The van der Waals surface area contributed by atoms with Gasteiger partial charge in [-0.3, -0.25) is 0 Å². The van der Waals surface area contributed by atoms with Crippen LogP contribution in [0.4, 0.5) is 8.78 Å². The Hall–Kier alpha value is -1.17. The van der Waals surface area contributed by atoms with E-state index in [1.807, 2.05) is 0 Å². The van der Waals surface area contributed by atoms with E-state index in [0.29, 0.717) is 0 Å². The van der Waals surface area contributed by atoms with E-state index in [4.69, 9.17) is 0 Å². The van der Waals surface area contributed by atoms with Crippen LogP contribution in [0.2, 0.25) is 0 Å². The third-order valence-electron chi connectivity index (χ3n) is 1.38. The fourth-order valence-corrected chi connectivity index (χ4v) is 1.16. The highest BCUT2D eigenvalue weighted by atomic mass is 79.9. The van der Waals surface area contributed by atoms with Crippen molar-refractivity contribution in [3.05, 3.63) is 28.2 Å². The fourth-order valence-electron chi connectivity index (χ4n) is 0.817. The van der Waals surface area contributed by atoms with Crippen molar-refractivity contribution in [3.63, 3.8) is 0 Å². The molecule has 3 nitrogen and oxygen atoms in total. The minimum absolute atomic E-state index is 0.219. The number of carboxylic acids is 1. The van der Waals surface area contributed by atoms with Gasteiger partial charge < -0.3 is 14.6 Å². The topological polar surface area (TPSA) is 49.4 Å². The zero-order valence-electron chi connectivity index (χ0n) is 6.67. The highest BCUT2D eigenvalue weighted by Gasteiger charge is 2.09. The summed E-state index contributed by atoms with van der Waals surface area (Å²) < 4.78 is 28.0. The molecular weight excluding hydrogens is 262 g/mol. The highest BCUT2D eigenvalue weighted by Crippen LogP contribution is 2.27. The number of halogens is 3. The monoisotopic (exact) mass is 265 g/mol. The van der Waals surface area contributed by atoms with Crippen molar-refractivity contribution in [2.24, 2.45) is 0 Å². The Balaban J connectivity index is 3.02. The summed E-state index contributed by atoms with van der Waals surface area (Å²) in [6, 6.07) is 3.48. The van der Waals surface area contributed by atoms with Crippen molar-refractivity contribution in [2.45, 2.75) is 6.61 Å². The normalized spacial score (nSPS) is 10.3.